The minimum atomic E-state index is -0.896. The van der Waals surface area contributed by atoms with E-state index in [1.54, 1.807) is 0 Å². The smallest absolute Gasteiger partial charge is 0.293 e. The summed E-state index contributed by atoms with van der Waals surface area (Å²) in [7, 11) is 1.40. The Morgan fingerprint density at radius 3 is 1.37 bits per heavy atom. The van der Waals surface area contributed by atoms with E-state index < -0.39 is 35.9 Å². The number of aliphatic hydroxyl groups is 4. The summed E-state index contributed by atoms with van der Waals surface area (Å²) in [5, 5.41) is 49.9. The molecule has 0 bridgehead atoms. The van der Waals surface area contributed by atoms with Gasteiger partial charge in [0.2, 0.25) is 17.6 Å². The summed E-state index contributed by atoms with van der Waals surface area (Å²) in [4.78, 5) is 43.8. The van der Waals surface area contributed by atoms with E-state index in [2.05, 4.69) is 249 Å². The van der Waals surface area contributed by atoms with Crippen LogP contribution in [0.4, 0.5) is 0 Å². The van der Waals surface area contributed by atoms with Crippen LogP contribution in [0.2, 0.25) is 5.02 Å². The summed E-state index contributed by atoms with van der Waals surface area (Å²) in [6.07, 6.45) is 9.15. The number of amides is 2. The second-order valence-corrected chi connectivity index (χ2v) is 47.6. The molecule has 0 spiro atoms. The topological polar surface area (TPSA) is 237 Å². The van der Waals surface area contributed by atoms with Gasteiger partial charge in [0, 0.05) is 41.5 Å². The number of rotatable bonds is 11. The number of carbonyl (C=O) groups excluding carboxylic acids is 2. The fourth-order valence-corrected chi connectivity index (χ4v) is 15.6. The van der Waals surface area contributed by atoms with Gasteiger partial charge >= 0.3 is 0 Å². The molecule has 6 fully saturated rings. The molecule has 18 heteroatoms. The molecule has 5 heterocycles. The molecule has 6 aromatic rings. The monoisotopic (exact) mass is 1800 g/mol. The summed E-state index contributed by atoms with van der Waals surface area (Å²) in [5.74, 6) is 3.75. The number of H-pyrrole nitrogens is 1. The average Bonchev–Trinajstić information content (AvgIpc) is 1.67. The van der Waals surface area contributed by atoms with Crippen molar-refractivity contribution in [2.45, 2.75) is 377 Å². The molecular formula is C110H181ClN6O11. The Bertz CT molecular complexity index is 4160. The summed E-state index contributed by atoms with van der Waals surface area (Å²) in [6, 6.07) is 44.2. The van der Waals surface area contributed by atoms with E-state index in [0.717, 1.165) is 54.4 Å². The Hall–Kier alpha value is -6.35. The van der Waals surface area contributed by atoms with Crippen molar-refractivity contribution < 1.29 is 49.0 Å². The molecule has 0 radical (unpaired) electrons. The zero-order valence-corrected chi connectivity index (χ0v) is 87.3. The molecule has 17 nitrogen and oxygen atoms in total. The summed E-state index contributed by atoms with van der Waals surface area (Å²) >= 11 is 6.01. The number of benzene rings is 5. The summed E-state index contributed by atoms with van der Waals surface area (Å²) in [5.41, 5.74) is 11.2. The third-order valence-electron chi connectivity index (χ3n) is 23.5. The van der Waals surface area contributed by atoms with E-state index in [-0.39, 0.29) is 87.7 Å². The van der Waals surface area contributed by atoms with Crippen molar-refractivity contribution in [1.82, 2.24) is 30.8 Å². The van der Waals surface area contributed by atoms with Gasteiger partial charge in [-0.3, -0.25) is 14.4 Å². The Balaban J connectivity index is 0.000000373. The number of aryl methyl sites for hydroxylation is 3. The van der Waals surface area contributed by atoms with Gasteiger partial charge in [0.15, 0.2) is 0 Å². The van der Waals surface area contributed by atoms with Crippen LogP contribution in [0.15, 0.2) is 138 Å². The molecule has 6 aliphatic rings. The van der Waals surface area contributed by atoms with Gasteiger partial charge < -0.3 is 65.2 Å². The molecule has 5 aromatic carbocycles. The van der Waals surface area contributed by atoms with Crippen molar-refractivity contribution in [3.8, 4) is 5.75 Å². The van der Waals surface area contributed by atoms with Crippen LogP contribution < -0.4 is 26.2 Å². The first-order valence-corrected chi connectivity index (χ1v) is 47.9. The molecule has 2 unspecified atom stereocenters. The van der Waals surface area contributed by atoms with Crippen LogP contribution in [0.1, 0.15) is 329 Å². The second kappa shape index (κ2) is 51.8. The first-order valence-electron chi connectivity index (χ1n) is 47.5. The number of aromatic nitrogens is 2. The molecule has 12 rings (SSSR count). The first kappa shape index (κ1) is 116. The fraction of sp³-hybridized carbons (Fsp3) is 0.673. The zero-order chi connectivity index (χ0) is 97.5. The number of hydrogen-bond acceptors (Lipinski definition) is 14. The Labute approximate surface area is 783 Å². The van der Waals surface area contributed by atoms with Gasteiger partial charge in [-0.05, 0) is 167 Å². The number of hydrogen-bond donors (Lipinski definition) is 8. The van der Waals surface area contributed by atoms with Crippen molar-refractivity contribution in [3.05, 3.63) is 199 Å². The zero-order valence-electron chi connectivity index (χ0n) is 86.6. The highest BCUT2D eigenvalue weighted by molar-refractivity contribution is 6.31. The van der Waals surface area contributed by atoms with Crippen LogP contribution in [-0.2, 0) is 53.2 Å². The van der Waals surface area contributed by atoms with Crippen molar-refractivity contribution in [3.63, 3.8) is 0 Å². The number of aromatic amines is 1. The van der Waals surface area contributed by atoms with E-state index >= 15 is 0 Å². The number of nitrogens with one attached hydrogen (secondary N) is 4. The molecule has 128 heavy (non-hydrogen) atoms. The molecule has 10 atom stereocenters. The van der Waals surface area contributed by atoms with Crippen LogP contribution in [0, 0.1) is 76.4 Å². The number of carbonyl (C=O) groups is 2. The number of nitrogens with zero attached hydrogens (tertiary/aromatic N) is 2. The lowest BCUT2D eigenvalue weighted by Crippen LogP contribution is -2.51. The predicted molar refractivity (Wildman–Crippen MR) is 536 cm³/mol. The SMILES string of the molecule is CC(C)(C)C1CC1.CC(C)(C)CC1CCC1.CC(C)(C)CC1CCNC1.CC(C)(C)c1ccccc1.CC(C)(C)c1ccccc1Cl.CC[C@H]1O[C@@H](C(C)(C)C)[C@H](O)[C@@H]1O.COc1cnc(CNC(=O)C(C)(C)C)[nH]c1=O.Cc1ccc(C(C)(C)C)cc1.Cc1ccc(C2CN(C(=O)C(C)(C)C)CCN2)cc1.Cc1ccc(COC[C@H]2O[C@@H](C(C)(C)C)[C@H](O)[C@@H]2O)cc1. The summed E-state index contributed by atoms with van der Waals surface area (Å²) in [6.45, 7) is 78.2. The third-order valence-corrected chi connectivity index (χ3v) is 23.8. The fourth-order valence-electron chi connectivity index (χ4n) is 15.2. The Morgan fingerprint density at radius 1 is 0.539 bits per heavy atom. The molecule has 4 aliphatic heterocycles. The Kier molecular flexibility index (Phi) is 46.8. The summed E-state index contributed by atoms with van der Waals surface area (Å²) < 4.78 is 21.8. The third kappa shape index (κ3) is 44.5. The van der Waals surface area contributed by atoms with Gasteiger partial charge in [-0.25, -0.2) is 4.98 Å². The lowest BCUT2D eigenvalue weighted by atomic mass is 9.74. The van der Waals surface area contributed by atoms with Crippen molar-refractivity contribution in [2.24, 2.45) is 55.7 Å². The normalized spacial score (nSPS) is 21.4. The maximum Gasteiger partial charge on any atom is 0.293 e. The minimum Gasteiger partial charge on any atom is -0.490 e. The molecule has 2 saturated carbocycles. The largest absolute Gasteiger partial charge is 0.490 e. The van der Waals surface area contributed by atoms with Crippen LogP contribution >= 0.6 is 11.6 Å². The van der Waals surface area contributed by atoms with Crippen molar-refractivity contribution in [1.29, 1.82) is 0 Å². The second-order valence-electron chi connectivity index (χ2n) is 47.2. The highest BCUT2D eigenvalue weighted by Gasteiger charge is 2.49. The minimum absolute atomic E-state index is 0.101. The van der Waals surface area contributed by atoms with E-state index in [0.29, 0.717) is 34.1 Å². The van der Waals surface area contributed by atoms with Crippen LogP contribution in [0.3, 0.4) is 0 Å². The van der Waals surface area contributed by atoms with E-state index in [1.165, 1.54) is 117 Å². The van der Waals surface area contributed by atoms with Gasteiger partial charge in [-0.2, -0.15) is 0 Å². The van der Waals surface area contributed by atoms with Gasteiger partial charge in [0.05, 0.1) is 51.4 Å². The molecule has 724 valence electrons. The molecule has 2 amide bonds. The highest BCUT2D eigenvalue weighted by Crippen LogP contribution is 2.45. The molecule has 2 aliphatic carbocycles. The number of halogens is 1. The van der Waals surface area contributed by atoms with Crippen molar-refractivity contribution >= 4 is 23.4 Å². The quantitative estimate of drug-likeness (QED) is 0.0603. The van der Waals surface area contributed by atoms with Crippen LogP contribution in [-0.4, -0.2) is 142 Å². The lowest BCUT2D eigenvalue weighted by molar-refractivity contribution is -0.140. The van der Waals surface area contributed by atoms with E-state index in [4.69, 9.17) is 30.5 Å². The maximum atomic E-state index is 12.3. The highest BCUT2D eigenvalue weighted by atomic mass is 35.5. The van der Waals surface area contributed by atoms with Gasteiger partial charge in [-0.15, -0.1) is 0 Å². The molecule has 8 N–H and O–H groups in total. The van der Waals surface area contributed by atoms with Gasteiger partial charge in [0.1, 0.15) is 36.3 Å². The number of ether oxygens (including phenoxy) is 4. The molecule has 4 saturated heterocycles. The molecular weight excluding hydrogens is 1620 g/mol. The average molecular weight is 1800 g/mol. The number of piperazine rings is 1. The maximum absolute atomic E-state index is 12.3. The van der Waals surface area contributed by atoms with E-state index in [1.807, 2.05) is 144 Å². The lowest BCUT2D eigenvalue weighted by Gasteiger charge is -2.37. The van der Waals surface area contributed by atoms with Crippen LogP contribution in [0.25, 0.3) is 0 Å². The van der Waals surface area contributed by atoms with Gasteiger partial charge in [0.25, 0.3) is 5.56 Å². The van der Waals surface area contributed by atoms with E-state index in [9.17, 15) is 34.8 Å². The van der Waals surface area contributed by atoms with Crippen LogP contribution in [0.5, 0.6) is 5.75 Å². The van der Waals surface area contributed by atoms with Crippen molar-refractivity contribution in [2.75, 3.05) is 46.4 Å². The molecule has 1 aromatic heterocycles. The van der Waals surface area contributed by atoms with Gasteiger partial charge in [-0.1, -0.05) is 384 Å². The Morgan fingerprint density at radius 2 is 1.01 bits per heavy atom. The number of methoxy groups -OCH3 is 1. The first-order chi connectivity index (χ1) is 58.8. The predicted octanol–water partition coefficient (Wildman–Crippen LogP) is 23.5. The number of aliphatic hydroxyl groups excluding tert-OH is 4. The standard InChI is InChI=1S/C17H26O4.C16H24N2O.C11H17N3O3.C11H16.C10H13Cl.C10H20O3.C10H14.C9H19N.C9H18.C7H14/c1-11-5-7-12(8-6-11)9-20-10-13-14(18)15(19)16(21-13)17(2,3)4;1-12-5-7-13(8-6-12)14-11-18(10-9-17-14)15(19)16(2,3)4;1-11(2,3)10(16)13-6-8-12-5-7(17-4)9(15)14-8;1-9-5-7-10(8-6-9)11(2,3)4;1-10(2,3)8-6-4-5-7-9(8)11;1-5-6-7(11)8(12)9(13-6)10(2,3)4;1-10(2,3)9-7-5-4-6-8-9;1-9(2,3)6-8-4-5-10-7-8;1-9(2,3)7-8-5-4-6-8;1-7(2,3)6-4-5-6/h5-8,13-16,18-19H,9-10H2,1-4H3;5-8,14,17H,9-11H2,1-4H3;5H,6H2,1-4H3,(H,13,16)(H,12,14,15);5-8H,1-4H3;4-7H,1-3H3;6-9,11-12H,5H2,1-4H3;4-8H,1-3H3;8,10H,4-7H2,1-3H3;8H,4-7H2,1-3H3;6H,4-5H2,1-3H3/t13-,14-,15-,16-;;;;;6-,7-,8-,9-;;;;/m1....1..../s1.